The number of amides is 3. The Morgan fingerprint density at radius 2 is 2.20 bits per heavy atom. The molecule has 0 saturated carbocycles. The number of hydrogen-bond donors (Lipinski definition) is 3. The summed E-state index contributed by atoms with van der Waals surface area (Å²) in [7, 11) is 0. The van der Waals surface area contributed by atoms with E-state index in [0.29, 0.717) is 18.8 Å². The molecule has 0 aromatic heterocycles. The predicted molar refractivity (Wildman–Crippen MR) is 78.8 cm³/mol. The molecule has 0 unspecified atom stereocenters. The molecule has 1 aliphatic rings. The van der Waals surface area contributed by atoms with E-state index >= 15 is 0 Å². The molecule has 1 heterocycles. The van der Waals surface area contributed by atoms with Gasteiger partial charge in [0.1, 0.15) is 0 Å². The summed E-state index contributed by atoms with van der Waals surface area (Å²) in [6, 6.07) is 4.91. The Morgan fingerprint density at radius 1 is 1.45 bits per heavy atom. The number of nitrogens with zero attached hydrogens (tertiary/aromatic N) is 1. The van der Waals surface area contributed by atoms with Gasteiger partial charge >= 0.3 is 6.03 Å². The minimum absolute atomic E-state index is 0.109. The van der Waals surface area contributed by atoms with E-state index in [0.717, 1.165) is 17.7 Å². The molecule has 3 amide bonds. The third kappa shape index (κ3) is 2.91. The van der Waals surface area contributed by atoms with Gasteiger partial charge in [-0.3, -0.25) is 9.69 Å². The zero-order chi connectivity index (χ0) is 14.7. The number of fused-ring (bicyclic) bond motifs is 1. The van der Waals surface area contributed by atoms with Crippen LogP contribution in [0.25, 0.3) is 0 Å². The summed E-state index contributed by atoms with van der Waals surface area (Å²) in [4.78, 5) is 25.3. The first-order chi connectivity index (χ1) is 9.52. The second-order valence-electron chi connectivity index (χ2n) is 4.86. The second-order valence-corrected chi connectivity index (χ2v) is 4.86. The molecule has 2 rings (SSSR count). The Kier molecular flexibility index (Phi) is 4.24. The van der Waals surface area contributed by atoms with Gasteiger partial charge in [0, 0.05) is 18.8 Å². The van der Waals surface area contributed by atoms with Crippen molar-refractivity contribution in [2.24, 2.45) is 5.73 Å². The van der Waals surface area contributed by atoms with Gasteiger partial charge in [0.15, 0.2) is 0 Å². The van der Waals surface area contributed by atoms with Crippen molar-refractivity contribution < 1.29 is 9.59 Å². The molecule has 0 spiro atoms. The van der Waals surface area contributed by atoms with Crippen molar-refractivity contribution in [2.45, 2.75) is 26.3 Å². The SMILES string of the molecule is CCNC(=O)N1CCc2ccc(NC(=O)[C@@H](C)N)cc21. The molecule has 1 aromatic carbocycles. The van der Waals surface area contributed by atoms with Gasteiger partial charge in [0.2, 0.25) is 5.91 Å². The Hall–Kier alpha value is -2.08. The molecule has 0 radical (unpaired) electrons. The van der Waals surface area contributed by atoms with E-state index in [4.69, 9.17) is 5.73 Å². The highest BCUT2D eigenvalue weighted by Crippen LogP contribution is 2.30. The Labute approximate surface area is 118 Å². The lowest BCUT2D eigenvalue weighted by Crippen LogP contribution is -2.38. The van der Waals surface area contributed by atoms with Crippen LogP contribution in [-0.2, 0) is 11.2 Å². The lowest BCUT2D eigenvalue weighted by molar-refractivity contribution is -0.117. The van der Waals surface area contributed by atoms with Crippen LogP contribution in [0.15, 0.2) is 18.2 Å². The lowest BCUT2D eigenvalue weighted by Gasteiger charge is -2.18. The van der Waals surface area contributed by atoms with Gasteiger partial charge in [-0.15, -0.1) is 0 Å². The smallest absolute Gasteiger partial charge is 0.321 e. The van der Waals surface area contributed by atoms with E-state index in [1.54, 1.807) is 11.8 Å². The normalized spacial score (nSPS) is 14.7. The molecule has 108 valence electrons. The molecule has 0 aliphatic carbocycles. The summed E-state index contributed by atoms with van der Waals surface area (Å²) in [6.45, 7) is 4.76. The quantitative estimate of drug-likeness (QED) is 0.771. The van der Waals surface area contributed by atoms with Gasteiger partial charge in [-0.05, 0) is 38.0 Å². The van der Waals surface area contributed by atoms with Crippen molar-refractivity contribution in [3.63, 3.8) is 0 Å². The van der Waals surface area contributed by atoms with Crippen LogP contribution in [0.1, 0.15) is 19.4 Å². The van der Waals surface area contributed by atoms with E-state index in [9.17, 15) is 9.59 Å². The Bertz CT molecular complexity index is 528. The third-order valence-electron chi connectivity index (χ3n) is 3.24. The van der Waals surface area contributed by atoms with Crippen LogP contribution in [-0.4, -0.2) is 31.1 Å². The maximum atomic E-state index is 12.0. The number of rotatable bonds is 3. The molecule has 4 N–H and O–H groups in total. The Balaban J connectivity index is 2.19. The standard InChI is InChI=1S/C14H20N4O2/c1-3-16-14(20)18-7-6-10-4-5-11(8-12(10)18)17-13(19)9(2)15/h4-5,8-9H,3,6-7,15H2,1-2H3,(H,16,20)(H,17,19)/t9-/m1/s1. The number of carbonyl (C=O) groups is 2. The average Bonchev–Trinajstić information content (AvgIpc) is 2.82. The topological polar surface area (TPSA) is 87.5 Å². The first kappa shape index (κ1) is 14.3. The van der Waals surface area contributed by atoms with Gasteiger partial charge in [-0.2, -0.15) is 0 Å². The van der Waals surface area contributed by atoms with Gasteiger partial charge in [-0.1, -0.05) is 6.07 Å². The highest BCUT2D eigenvalue weighted by Gasteiger charge is 2.24. The van der Waals surface area contributed by atoms with E-state index in [-0.39, 0.29) is 11.9 Å². The first-order valence-electron chi connectivity index (χ1n) is 6.77. The Morgan fingerprint density at radius 3 is 2.85 bits per heavy atom. The van der Waals surface area contributed by atoms with E-state index in [1.807, 2.05) is 25.1 Å². The summed E-state index contributed by atoms with van der Waals surface area (Å²) < 4.78 is 0. The number of nitrogens with one attached hydrogen (secondary N) is 2. The predicted octanol–water partition coefficient (Wildman–Crippen LogP) is 1.06. The van der Waals surface area contributed by atoms with Crippen LogP contribution in [0.3, 0.4) is 0 Å². The highest BCUT2D eigenvalue weighted by atomic mass is 16.2. The molecule has 1 aromatic rings. The van der Waals surface area contributed by atoms with Crippen LogP contribution in [0, 0.1) is 0 Å². The fourth-order valence-electron chi connectivity index (χ4n) is 2.17. The summed E-state index contributed by atoms with van der Waals surface area (Å²) >= 11 is 0. The van der Waals surface area contributed by atoms with Gasteiger partial charge in [-0.25, -0.2) is 4.79 Å². The number of nitrogens with two attached hydrogens (primary N) is 1. The maximum absolute atomic E-state index is 12.0. The minimum atomic E-state index is -0.567. The molecule has 1 atom stereocenters. The fraction of sp³-hybridized carbons (Fsp3) is 0.429. The molecule has 6 heteroatoms. The van der Waals surface area contributed by atoms with E-state index in [2.05, 4.69) is 10.6 Å². The van der Waals surface area contributed by atoms with Crippen molar-refractivity contribution in [2.75, 3.05) is 23.3 Å². The molecule has 1 aliphatic heterocycles. The molecule has 6 nitrogen and oxygen atoms in total. The number of benzene rings is 1. The van der Waals surface area contributed by atoms with Crippen LogP contribution in [0.4, 0.5) is 16.2 Å². The van der Waals surface area contributed by atoms with Gasteiger partial charge < -0.3 is 16.4 Å². The van der Waals surface area contributed by atoms with Gasteiger partial charge in [0.05, 0.1) is 11.7 Å². The number of anilines is 2. The molecule has 0 fully saturated rings. The van der Waals surface area contributed by atoms with E-state index in [1.165, 1.54) is 0 Å². The molecule has 20 heavy (non-hydrogen) atoms. The molecule has 0 saturated heterocycles. The summed E-state index contributed by atoms with van der Waals surface area (Å²) in [5.74, 6) is -0.243. The van der Waals surface area contributed by atoms with Gasteiger partial charge in [0.25, 0.3) is 0 Å². The van der Waals surface area contributed by atoms with Crippen LogP contribution in [0.2, 0.25) is 0 Å². The summed E-state index contributed by atoms with van der Waals surface area (Å²) in [5, 5.41) is 5.53. The largest absolute Gasteiger partial charge is 0.338 e. The number of carbonyl (C=O) groups excluding carboxylic acids is 2. The van der Waals surface area contributed by atoms with Crippen molar-refractivity contribution in [1.29, 1.82) is 0 Å². The monoisotopic (exact) mass is 276 g/mol. The van der Waals surface area contributed by atoms with Crippen molar-refractivity contribution in [3.8, 4) is 0 Å². The zero-order valence-corrected chi connectivity index (χ0v) is 11.8. The minimum Gasteiger partial charge on any atom is -0.338 e. The third-order valence-corrected chi connectivity index (χ3v) is 3.24. The molecule has 0 bridgehead atoms. The second kappa shape index (κ2) is 5.92. The van der Waals surface area contributed by atoms with Crippen molar-refractivity contribution >= 4 is 23.3 Å². The first-order valence-corrected chi connectivity index (χ1v) is 6.77. The van der Waals surface area contributed by atoms with Crippen molar-refractivity contribution in [3.05, 3.63) is 23.8 Å². The number of urea groups is 1. The summed E-state index contributed by atoms with van der Waals surface area (Å²) in [5.41, 5.74) is 8.13. The highest BCUT2D eigenvalue weighted by molar-refractivity contribution is 5.98. The van der Waals surface area contributed by atoms with Crippen molar-refractivity contribution in [1.82, 2.24) is 5.32 Å². The zero-order valence-electron chi connectivity index (χ0n) is 11.8. The maximum Gasteiger partial charge on any atom is 0.321 e. The van der Waals surface area contributed by atoms with Crippen LogP contribution < -0.4 is 21.3 Å². The number of hydrogen-bond acceptors (Lipinski definition) is 3. The average molecular weight is 276 g/mol. The lowest BCUT2D eigenvalue weighted by atomic mass is 10.1. The van der Waals surface area contributed by atoms with Crippen LogP contribution in [0.5, 0.6) is 0 Å². The fourth-order valence-corrected chi connectivity index (χ4v) is 2.17. The summed E-state index contributed by atoms with van der Waals surface area (Å²) in [6.07, 6.45) is 0.827. The molecular formula is C14H20N4O2. The molecular weight excluding hydrogens is 256 g/mol. The van der Waals surface area contributed by atoms with Crippen LogP contribution >= 0.6 is 0 Å². The van der Waals surface area contributed by atoms with E-state index < -0.39 is 6.04 Å².